The number of carbonyl (C=O) groups is 1. The molecule has 0 aliphatic rings. The molecular formula is CH7BeNO3. The Labute approximate surface area is 38.6 Å². The molecule has 0 unspecified atom stereocenters. The van der Waals surface area contributed by atoms with Gasteiger partial charge < -0.3 is 16.4 Å². The van der Waals surface area contributed by atoms with Gasteiger partial charge in [0.05, 0.1) is 0 Å². The van der Waals surface area contributed by atoms with Crippen LogP contribution in [0.5, 0.6) is 0 Å². The van der Waals surface area contributed by atoms with Crippen LogP contribution in [0.25, 0.3) is 0 Å². The van der Waals surface area contributed by atoms with Crippen molar-refractivity contribution in [3.05, 3.63) is 0 Å². The van der Waals surface area contributed by atoms with Crippen molar-refractivity contribution in [1.29, 1.82) is 0 Å². The van der Waals surface area contributed by atoms with Crippen LogP contribution < -0.4 is 6.15 Å². The second-order valence-corrected chi connectivity index (χ2v) is 0.283. The first kappa shape index (κ1) is 18.2. The fraction of sp³-hybridized carbons (Fsp3) is 0. The van der Waals surface area contributed by atoms with E-state index in [4.69, 9.17) is 15.0 Å². The van der Waals surface area contributed by atoms with Gasteiger partial charge in [-0.25, -0.2) is 4.79 Å². The van der Waals surface area contributed by atoms with E-state index in [0.29, 0.717) is 0 Å². The van der Waals surface area contributed by atoms with Gasteiger partial charge in [-0.05, 0) is 0 Å². The molecule has 0 radical (unpaired) electrons. The summed E-state index contributed by atoms with van der Waals surface area (Å²) < 4.78 is 0. The summed E-state index contributed by atoms with van der Waals surface area (Å²) in [7, 11) is 0. The van der Waals surface area contributed by atoms with Gasteiger partial charge in [0.1, 0.15) is 0 Å². The van der Waals surface area contributed by atoms with Crippen LogP contribution in [-0.4, -0.2) is 26.5 Å². The van der Waals surface area contributed by atoms with E-state index in [2.05, 4.69) is 0 Å². The quantitative estimate of drug-likeness (QED) is 0.348. The van der Waals surface area contributed by atoms with E-state index in [1.54, 1.807) is 0 Å². The zero-order valence-corrected chi connectivity index (χ0v) is 2.51. The van der Waals surface area contributed by atoms with Crippen LogP contribution in [0.2, 0.25) is 0 Å². The molecule has 0 atom stereocenters. The van der Waals surface area contributed by atoms with Crippen LogP contribution in [-0.2, 0) is 0 Å². The predicted molar refractivity (Wildman–Crippen MR) is 24.2 cm³/mol. The van der Waals surface area contributed by atoms with Crippen LogP contribution >= 0.6 is 0 Å². The molecule has 4 nitrogen and oxygen atoms in total. The first-order chi connectivity index (χ1) is 1.73. The molecular weight excluding hydrogens is 83.0 g/mol. The molecule has 0 aromatic heterocycles. The van der Waals surface area contributed by atoms with Crippen LogP contribution in [0.4, 0.5) is 4.79 Å². The zero-order chi connectivity index (χ0) is 3.58. The Morgan fingerprint density at radius 1 is 1.33 bits per heavy atom. The van der Waals surface area contributed by atoms with Gasteiger partial charge in [-0.1, -0.05) is 0 Å². The summed E-state index contributed by atoms with van der Waals surface area (Å²) in [6.07, 6.45) is -1.83. The van der Waals surface area contributed by atoms with Crippen LogP contribution in [0.1, 0.15) is 0 Å². The number of carboxylic acid groups (broad SMARTS) is 2. The second kappa shape index (κ2) is 8.83. The maximum atomic E-state index is 8.56. The van der Waals surface area contributed by atoms with Gasteiger partial charge in [-0.3, -0.25) is 0 Å². The third-order valence-corrected chi connectivity index (χ3v) is 0. The molecule has 0 spiro atoms. The molecule has 0 aromatic rings. The van der Waals surface area contributed by atoms with Gasteiger partial charge in [-0.2, -0.15) is 0 Å². The Bertz CT molecular complexity index is 33.8. The van der Waals surface area contributed by atoms with E-state index < -0.39 is 6.16 Å². The van der Waals surface area contributed by atoms with Crippen molar-refractivity contribution < 1.29 is 15.0 Å². The SMILES string of the molecule is N.O=C(O)O.[BeH2]. The minimum atomic E-state index is -1.83. The van der Waals surface area contributed by atoms with Crippen LogP contribution in [0.15, 0.2) is 0 Å². The van der Waals surface area contributed by atoms with Gasteiger partial charge in [-0.15, -0.1) is 0 Å². The third kappa shape index (κ3) is 54.1. The van der Waals surface area contributed by atoms with Crippen LogP contribution in [0.3, 0.4) is 0 Å². The molecule has 5 N–H and O–H groups in total. The summed E-state index contributed by atoms with van der Waals surface area (Å²) in [4.78, 5) is 8.56. The normalized spacial score (nSPS) is 4.00. The molecule has 0 aliphatic heterocycles. The van der Waals surface area contributed by atoms with E-state index in [0.717, 1.165) is 0 Å². The van der Waals surface area contributed by atoms with Crippen molar-refractivity contribution in [2.75, 3.05) is 0 Å². The molecule has 0 amide bonds. The zero-order valence-electron chi connectivity index (χ0n) is 2.51. The fourth-order valence-electron chi connectivity index (χ4n) is 0. The summed E-state index contributed by atoms with van der Waals surface area (Å²) in [5.74, 6) is 0. The Hall–Kier alpha value is -0.601. The average Bonchev–Trinajstić information content (AvgIpc) is 0.811. The summed E-state index contributed by atoms with van der Waals surface area (Å²) in [5.41, 5.74) is 0. The number of hydrogen-bond acceptors (Lipinski definition) is 2. The van der Waals surface area contributed by atoms with Gasteiger partial charge >= 0.3 is 16.3 Å². The number of rotatable bonds is 0. The van der Waals surface area contributed by atoms with Gasteiger partial charge in [0, 0.05) is 0 Å². The molecule has 0 saturated carbocycles. The fourth-order valence-corrected chi connectivity index (χ4v) is 0. The monoisotopic (exact) mass is 90.1 g/mol. The topological polar surface area (TPSA) is 92.5 Å². The van der Waals surface area contributed by atoms with Crippen molar-refractivity contribution in [3.8, 4) is 0 Å². The number of hydrogen-bond donors (Lipinski definition) is 3. The minimum absolute atomic E-state index is 0. The summed E-state index contributed by atoms with van der Waals surface area (Å²) in [6, 6.07) is 0. The Morgan fingerprint density at radius 3 is 1.33 bits per heavy atom. The molecule has 0 rings (SSSR count). The molecule has 36 valence electrons. The average molecular weight is 90.1 g/mol. The second-order valence-electron chi connectivity index (χ2n) is 0.283. The van der Waals surface area contributed by atoms with Gasteiger partial charge in [0.25, 0.3) is 0 Å². The van der Waals surface area contributed by atoms with Gasteiger partial charge in [0.2, 0.25) is 0 Å². The van der Waals surface area contributed by atoms with E-state index in [1.807, 2.05) is 0 Å². The first-order valence-electron chi connectivity index (χ1n) is 0.651. The van der Waals surface area contributed by atoms with Crippen molar-refractivity contribution in [1.82, 2.24) is 6.15 Å². The molecule has 0 bridgehead atoms. The molecule has 0 fully saturated rings. The molecule has 0 heterocycles. The third-order valence-electron chi connectivity index (χ3n) is 0. The van der Waals surface area contributed by atoms with Gasteiger partial charge in [0.15, 0.2) is 0 Å². The van der Waals surface area contributed by atoms with Crippen molar-refractivity contribution in [2.45, 2.75) is 0 Å². The van der Waals surface area contributed by atoms with Crippen molar-refractivity contribution in [3.63, 3.8) is 0 Å². The molecule has 6 heavy (non-hydrogen) atoms. The van der Waals surface area contributed by atoms with E-state index in [9.17, 15) is 0 Å². The Kier molecular flexibility index (Phi) is 26.7. The first-order valence-corrected chi connectivity index (χ1v) is 0.651. The summed E-state index contributed by atoms with van der Waals surface area (Å²) >= 11 is 0. The molecule has 5 heteroatoms. The molecule has 0 saturated heterocycles. The standard InChI is InChI=1S/CH2O3.Be.H3N.2H/c2-1(3)4;;;;/h(H2,2,3,4);;1H3;;. The van der Waals surface area contributed by atoms with Crippen molar-refractivity contribution >= 4 is 16.3 Å². The van der Waals surface area contributed by atoms with E-state index in [-0.39, 0.29) is 16.3 Å². The summed E-state index contributed by atoms with van der Waals surface area (Å²) in [5, 5.41) is 13.9. The maximum absolute atomic E-state index is 8.56. The molecule has 0 aromatic carbocycles. The van der Waals surface area contributed by atoms with E-state index >= 15 is 0 Å². The Morgan fingerprint density at radius 2 is 1.33 bits per heavy atom. The van der Waals surface area contributed by atoms with Crippen molar-refractivity contribution in [2.24, 2.45) is 0 Å². The molecule has 0 aliphatic carbocycles. The van der Waals surface area contributed by atoms with Crippen LogP contribution in [0, 0.1) is 0 Å². The predicted octanol–water partition coefficient (Wildman–Crippen LogP) is -0.532. The Balaban J connectivity index is -0.0000000450. The van der Waals surface area contributed by atoms with E-state index in [1.165, 1.54) is 0 Å². The summed E-state index contributed by atoms with van der Waals surface area (Å²) in [6.45, 7) is 0.